The fourth-order valence-corrected chi connectivity index (χ4v) is 5.10. The van der Waals surface area contributed by atoms with Crippen molar-refractivity contribution in [1.82, 2.24) is 5.32 Å². The molecule has 0 spiro atoms. The molecule has 2 fully saturated rings. The standard InChI is InChI=1S/C18H21NO2/c1-11(20)12-4-2-5-14-13(12)10-16-15-6-3-7-17(21)18(14,15)8-9-19-16/h2,4-5,15-16,19H,3,6-10H2,1H3/t15-,16+,18+/m0/s1. The summed E-state index contributed by atoms with van der Waals surface area (Å²) in [5, 5.41) is 3.61. The van der Waals surface area contributed by atoms with Crippen LogP contribution in [0, 0.1) is 5.92 Å². The smallest absolute Gasteiger partial charge is 0.160 e. The molecule has 1 aliphatic heterocycles. The van der Waals surface area contributed by atoms with Gasteiger partial charge in [-0.2, -0.15) is 0 Å². The Balaban J connectivity index is 1.98. The third-order valence-corrected chi connectivity index (χ3v) is 5.92. The van der Waals surface area contributed by atoms with Crippen molar-refractivity contribution < 1.29 is 9.59 Å². The average Bonchev–Trinajstić information content (AvgIpc) is 2.47. The zero-order chi connectivity index (χ0) is 14.6. The van der Waals surface area contributed by atoms with E-state index in [-0.39, 0.29) is 11.2 Å². The Hall–Kier alpha value is -1.48. The molecule has 0 amide bonds. The zero-order valence-electron chi connectivity index (χ0n) is 12.4. The van der Waals surface area contributed by atoms with Gasteiger partial charge in [0.2, 0.25) is 0 Å². The molecule has 2 bridgehead atoms. The zero-order valence-corrected chi connectivity index (χ0v) is 12.4. The van der Waals surface area contributed by atoms with Crippen molar-refractivity contribution in [1.29, 1.82) is 0 Å². The van der Waals surface area contributed by atoms with Crippen molar-refractivity contribution in [3.8, 4) is 0 Å². The van der Waals surface area contributed by atoms with Gasteiger partial charge in [0.25, 0.3) is 0 Å². The molecule has 1 aromatic carbocycles. The van der Waals surface area contributed by atoms with Crippen molar-refractivity contribution in [2.24, 2.45) is 5.92 Å². The Bertz CT molecular complexity index is 636. The number of fused-ring (bicyclic) bond motifs is 1. The van der Waals surface area contributed by atoms with Crippen molar-refractivity contribution >= 4 is 11.6 Å². The predicted molar refractivity (Wildman–Crippen MR) is 80.6 cm³/mol. The number of rotatable bonds is 1. The Morgan fingerprint density at radius 3 is 3.05 bits per heavy atom. The van der Waals surface area contributed by atoms with E-state index in [1.165, 1.54) is 5.56 Å². The molecule has 2 aliphatic carbocycles. The number of carbonyl (C=O) groups excluding carboxylic acids is 2. The summed E-state index contributed by atoms with van der Waals surface area (Å²) in [6.07, 6.45) is 4.64. The molecule has 1 N–H and O–H groups in total. The fourth-order valence-electron chi connectivity index (χ4n) is 5.10. The fraction of sp³-hybridized carbons (Fsp3) is 0.556. The van der Waals surface area contributed by atoms with Gasteiger partial charge in [-0.25, -0.2) is 0 Å². The van der Waals surface area contributed by atoms with E-state index in [1.807, 2.05) is 12.1 Å². The maximum atomic E-state index is 12.9. The van der Waals surface area contributed by atoms with Crippen LogP contribution in [0.15, 0.2) is 18.2 Å². The van der Waals surface area contributed by atoms with Crippen LogP contribution < -0.4 is 5.32 Å². The molecule has 1 heterocycles. The first-order chi connectivity index (χ1) is 10.1. The molecule has 3 atom stereocenters. The van der Waals surface area contributed by atoms with Crippen LogP contribution >= 0.6 is 0 Å². The Labute approximate surface area is 125 Å². The number of carbonyl (C=O) groups is 2. The number of hydrogen-bond acceptors (Lipinski definition) is 3. The molecule has 110 valence electrons. The SMILES string of the molecule is CC(=O)c1cccc2c1C[C@H]1NCC[C@@]23C(=O)CCC[C@@H]13. The highest BCUT2D eigenvalue weighted by molar-refractivity contribution is 5.98. The molecule has 0 aromatic heterocycles. The topological polar surface area (TPSA) is 46.2 Å². The minimum Gasteiger partial charge on any atom is -0.313 e. The number of Topliss-reactive ketones (excluding diaryl/α,β-unsaturated/α-hetero) is 2. The lowest BCUT2D eigenvalue weighted by Gasteiger charge is -2.54. The lowest BCUT2D eigenvalue weighted by molar-refractivity contribution is -0.132. The van der Waals surface area contributed by atoms with E-state index in [9.17, 15) is 9.59 Å². The maximum Gasteiger partial charge on any atom is 0.160 e. The third-order valence-electron chi connectivity index (χ3n) is 5.92. The van der Waals surface area contributed by atoms with Gasteiger partial charge in [-0.15, -0.1) is 0 Å². The molecule has 1 saturated heterocycles. The van der Waals surface area contributed by atoms with Gasteiger partial charge in [0.05, 0.1) is 5.41 Å². The van der Waals surface area contributed by atoms with Crippen molar-refractivity contribution in [3.63, 3.8) is 0 Å². The second kappa shape index (κ2) is 4.51. The third kappa shape index (κ3) is 1.64. The molecule has 4 rings (SSSR count). The summed E-state index contributed by atoms with van der Waals surface area (Å²) in [6.45, 7) is 2.54. The Morgan fingerprint density at radius 1 is 1.38 bits per heavy atom. The molecule has 1 saturated carbocycles. The molecule has 3 heteroatoms. The maximum absolute atomic E-state index is 12.9. The van der Waals surface area contributed by atoms with Crippen LogP contribution in [-0.2, 0) is 16.6 Å². The summed E-state index contributed by atoms with van der Waals surface area (Å²) in [6, 6.07) is 6.35. The van der Waals surface area contributed by atoms with E-state index < -0.39 is 0 Å². The Kier molecular flexibility index (Phi) is 2.83. The number of benzene rings is 1. The molecule has 21 heavy (non-hydrogen) atoms. The van der Waals surface area contributed by atoms with Gasteiger partial charge >= 0.3 is 0 Å². The molecule has 0 unspecified atom stereocenters. The normalized spacial score (nSPS) is 34.0. The first-order valence-corrected chi connectivity index (χ1v) is 8.04. The quantitative estimate of drug-likeness (QED) is 0.805. The minimum atomic E-state index is -0.312. The number of ketones is 2. The number of nitrogens with one attached hydrogen (secondary N) is 1. The van der Waals surface area contributed by atoms with Gasteiger partial charge in [0, 0.05) is 18.0 Å². The van der Waals surface area contributed by atoms with E-state index in [2.05, 4.69) is 11.4 Å². The van der Waals surface area contributed by atoms with Crippen LogP contribution in [0.25, 0.3) is 0 Å². The lowest BCUT2D eigenvalue weighted by Crippen LogP contribution is -2.63. The molecule has 0 radical (unpaired) electrons. The summed E-state index contributed by atoms with van der Waals surface area (Å²) >= 11 is 0. The van der Waals surface area contributed by atoms with Gasteiger partial charge in [-0.05, 0) is 56.2 Å². The summed E-state index contributed by atoms with van der Waals surface area (Å²) in [5.41, 5.74) is 2.81. The molecule has 1 aromatic rings. The van der Waals surface area contributed by atoms with Crippen LogP contribution in [0.5, 0.6) is 0 Å². The second-order valence-corrected chi connectivity index (χ2v) is 6.80. The van der Waals surface area contributed by atoms with Crippen molar-refractivity contribution in [2.75, 3.05) is 6.54 Å². The van der Waals surface area contributed by atoms with E-state index in [0.717, 1.165) is 43.4 Å². The van der Waals surface area contributed by atoms with Crippen LogP contribution in [-0.4, -0.2) is 24.2 Å². The molecular formula is C18H21NO2. The van der Waals surface area contributed by atoms with Crippen molar-refractivity contribution in [2.45, 2.75) is 50.5 Å². The first-order valence-electron chi connectivity index (χ1n) is 8.04. The summed E-state index contributed by atoms with van der Waals surface area (Å²) in [7, 11) is 0. The number of piperidine rings is 1. The summed E-state index contributed by atoms with van der Waals surface area (Å²) < 4.78 is 0. The van der Waals surface area contributed by atoms with Gasteiger partial charge in [0.15, 0.2) is 5.78 Å². The first kappa shape index (κ1) is 13.2. The van der Waals surface area contributed by atoms with E-state index in [4.69, 9.17) is 0 Å². The van der Waals surface area contributed by atoms with Gasteiger partial charge in [0.1, 0.15) is 5.78 Å². The van der Waals surface area contributed by atoms with E-state index in [1.54, 1.807) is 6.92 Å². The lowest BCUT2D eigenvalue weighted by atomic mass is 9.52. The van der Waals surface area contributed by atoms with Crippen LogP contribution in [0.2, 0.25) is 0 Å². The highest BCUT2D eigenvalue weighted by Crippen LogP contribution is 2.52. The number of hydrogen-bond donors (Lipinski definition) is 1. The second-order valence-electron chi connectivity index (χ2n) is 6.80. The Morgan fingerprint density at radius 2 is 2.24 bits per heavy atom. The highest BCUT2D eigenvalue weighted by atomic mass is 16.1. The van der Waals surface area contributed by atoms with Crippen molar-refractivity contribution in [3.05, 3.63) is 34.9 Å². The average molecular weight is 283 g/mol. The van der Waals surface area contributed by atoms with Crippen LogP contribution in [0.4, 0.5) is 0 Å². The molecule has 3 aliphatic rings. The minimum absolute atomic E-state index is 0.114. The van der Waals surface area contributed by atoms with Gasteiger partial charge in [-0.3, -0.25) is 9.59 Å². The van der Waals surface area contributed by atoms with Gasteiger partial charge < -0.3 is 5.32 Å². The van der Waals surface area contributed by atoms with Crippen LogP contribution in [0.1, 0.15) is 54.1 Å². The van der Waals surface area contributed by atoms with Gasteiger partial charge in [-0.1, -0.05) is 18.2 Å². The predicted octanol–water partition coefficient (Wildman–Crippen LogP) is 2.41. The highest BCUT2D eigenvalue weighted by Gasteiger charge is 2.56. The molecular weight excluding hydrogens is 262 g/mol. The summed E-state index contributed by atoms with van der Waals surface area (Å²) in [4.78, 5) is 24.9. The van der Waals surface area contributed by atoms with E-state index in [0.29, 0.717) is 24.2 Å². The largest absolute Gasteiger partial charge is 0.313 e. The van der Waals surface area contributed by atoms with E-state index >= 15 is 0 Å². The summed E-state index contributed by atoms with van der Waals surface area (Å²) in [5.74, 6) is 0.942. The molecule has 3 nitrogen and oxygen atoms in total. The van der Waals surface area contributed by atoms with Crippen LogP contribution in [0.3, 0.4) is 0 Å². The monoisotopic (exact) mass is 283 g/mol.